The molecule has 0 bridgehead atoms. The third-order valence-electron chi connectivity index (χ3n) is 3.77. The molecular weight excluding hydrogens is 222 g/mol. The Morgan fingerprint density at radius 2 is 1.81 bits per heavy atom. The number of nitrogens with zero attached hydrogens (tertiary/aromatic N) is 1. The van der Waals surface area contributed by atoms with Crippen LogP contribution in [0.5, 0.6) is 0 Å². The topological polar surface area (TPSA) is 37.4 Å². The highest BCUT2D eigenvalue weighted by Gasteiger charge is 2.39. The molecule has 2 rings (SSSR count). The molecule has 3 nitrogen and oxygen atoms in total. The highest BCUT2D eigenvalue weighted by Crippen LogP contribution is 2.33. The third-order valence-corrected chi connectivity index (χ3v) is 6.10. The largest absolute Gasteiger partial charge is 0.297 e. The lowest BCUT2D eigenvalue weighted by atomic mass is 10.1. The van der Waals surface area contributed by atoms with Crippen LogP contribution in [0.4, 0.5) is 0 Å². The van der Waals surface area contributed by atoms with Crippen molar-refractivity contribution in [1.29, 1.82) is 0 Å². The fraction of sp³-hybridized carbons (Fsp3) is 1.00. The Bertz CT molecular complexity index is 352. The number of hydrogen-bond donors (Lipinski definition) is 0. The first-order chi connectivity index (χ1) is 7.29. The summed E-state index contributed by atoms with van der Waals surface area (Å²) in [5, 5.41) is -0.104. The third kappa shape index (κ3) is 2.77. The maximum atomic E-state index is 12.1. The second-order valence-corrected chi connectivity index (χ2v) is 8.63. The predicted octanol–water partition coefficient (Wildman–Crippen LogP) is 1.68. The average Bonchev–Trinajstić information content (AvgIpc) is 2.79. The van der Waals surface area contributed by atoms with Crippen LogP contribution in [-0.4, -0.2) is 42.9 Å². The first-order valence-electron chi connectivity index (χ1n) is 6.26. The molecule has 94 valence electrons. The van der Waals surface area contributed by atoms with Gasteiger partial charge in [-0.25, -0.2) is 8.42 Å². The van der Waals surface area contributed by atoms with Crippen molar-refractivity contribution >= 4 is 9.84 Å². The van der Waals surface area contributed by atoms with Crippen molar-refractivity contribution in [2.45, 2.75) is 50.8 Å². The van der Waals surface area contributed by atoms with Crippen molar-refractivity contribution in [3.05, 3.63) is 0 Å². The molecule has 1 saturated carbocycles. The predicted molar refractivity (Wildman–Crippen MR) is 66.2 cm³/mol. The van der Waals surface area contributed by atoms with Crippen LogP contribution in [0.2, 0.25) is 0 Å². The van der Waals surface area contributed by atoms with Crippen LogP contribution >= 0.6 is 0 Å². The molecule has 1 aliphatic heterocycles. The van der Waals surface area contributed by atoms with E-state index in [1.165, 1.54) is 0 Å². The summed E-state index contributed by atoms with van der Waals surface area (Å²) in [7, 11) is -2.83. The first-order valence-corrected chi connectivity index (χ1v) is 7.97. The minimum Gasteiger partial charge on any atom is -0.297 e. The van der Waals surface area contributed by atoms with Crippen LogP contribution in [0, 0.1) is 5.92 Å². The highest BCUT2D eigenvalue weighted by atomic mass is 32.2. The van der Waals surface area contributed by atoms with Crippen LogP contribution in [-0.2, 0) is 9.84 Å². The van der Waals surface area contributed by atoms with E-state index in [1.807, 2.05) is 0 Å². The number of rotatable bonds is 3. The van der Waals surface area contributed by atoms with Crippen molar-refractivity contribution < 1.29 is 8.42 Å². The molecule has 4 heteroatoms. The van der Waals surface area contributed by atoms with E-state index in [9.17, 15) is 8.42 Å². The molecule has 16 heavy (non-hydrogen) atoms. The van der Waals surface area contributed by atoms with Crippen LogP contribution < -0.4 is 0 Å². The lowest BCUT2D eigenvalue weighted by Crippen LogP contribution is -2.41. The Morgan fingerprint density at radius 3 is 2.25 bits per heavy atom. The van der Waals surface area contributed by atoms with Gasteiger partial charge in [0.05, 0.1) is 11.0 Å². The standard InChI is InChI=1S/C12H23NO2S/c1-12(2,3)13-7-6-11(8-13)16(14,15)9-10-4-5-10/h10-11H,4-9H2,1-3H3. The van der Waals surface area contributed by atoms with Crippen LogP contribution in [0.3, 0.4) is 0 Å². The molecule has 0 N–H and O–H groups in total. The second-order valence-electron chi connectivity index (χ2n) is 6.30. The fourth-order valence-electron chi connectivity index (χ4n) is 2.38. The van der Waals surface area contributed by atoms with E-state index >= 15 is 0 Å². The summed E-state index contributed by atoms with van der Waals surface area (Å²) in [6.45, 7) is 8.13. The minimum absolute atomic E-state index is 0.101. The van der Waals surface area contributed by atoms with Gasteiger partial charge in [0.25, 0.3) is 0 Å². The molecular formula is C12H23NO2S. The molecule has 0 spiro atoms. The summed E-state index contributed by atoms with van der Waals surface area (Å²) in [5.74, 6) is 0.920. The van der Waals surface area contributed by atoms with Crippen LogP contribution in [0.15, 0.2) is 0 Å². The van der Waals surface area contributed by atoms with Gasteiger partial charge < -0.3 is 0 Å². The molecule has 0 aromatic carbocycles. The summed E-state index contributed by atoms with van der Waals surface area (Å²) >= 11 is 0. The Morgan fingerprint density at radius 1 is 1.19 bits per heavy atom. The minimum atomic E-state index is -2.83. The lowest BCUT2D eigenvalue weighted by Gasteiger charge is -2.31. The SMILES string of the molecule is CC(C)(C)N1CCC(S(=O)(=O)CC2CC2)C1. The van der Waals surface area contributed by atoms with Gasteiger partial charge in [0.1, 0.15) is 0 Å². The lowest BCUT2D eigenvalue weighted by molar-refractivity contribution is 0.175. The van der Waals surface area contributed by atoms with Crippen LogP contribution in [0.1, 0.15) is 40.0 Å². The number of likely N-dealkylation sites (tertiary alicyclic amines) is 1. The molecule has 1 atom stereocenters. The van der Waals surface area contributed by atoms with E-state index in [0.717, 1.165) is 32.4 Å². The van der Waals surface area contributed by atoms with E-state index in [1.54, 1.807) is 0 Å². The summed E-state index contributed by atoms with van der Waals surface area (Å²) in [6, 6.07) is 0. The Kier molecular flexibility index (Phi) is 3.08. The molecule has 0 aromatic rings. The molecule has 0 radical (unpaired) electrons. The zero-order valence-electron chi connectivity index (χ0n) is 10.6. The van der Waals surface area contributed by atoms with E-state index in [2.05, 4.69) is 25.7 Å². The fourth-order valence-corrected chi connectivity index (χ4v) is 4.51. The molecule has 1 saturated heterocycles. The van der Waals surface area contributed by atoms with Crippen molar-refractivity contribution in [2.75, 3.05) is 18.8 Å². The zero-order chi connectivity index (χ0) is 12.0. The average molecular weight is 245 g/mol. The van der Waals surface area contributed by atoms with Crippen molar-refractivity contribution in [3.8, 4) is 0 Å². The van der Waals surface area contributed by atoms with Gasteiger partial charge in [-0.1, -0.05) is 0 Å². The molecule has 1 heterocycles. The van der Waals surface area contributed by atoms with Crippen molar-refractivity contribution in [2.24, 2.45) is 5.92 Å². The molecule has 0 aromatic heterocycles. The van der Waals surface area contributed by atoms with Crippen LogP contribution in [0.25, 0.3) is 0 Å². The monoisotopic (exact) mass is 245 g/mol. The molecule has 1 unspecified atom stereocenters. The molecule has 1 aliphatic carbocycles. The Balaban J connectivity index is 1.97. The van der Waals surface area contributed by atoms with Gasteiger partial charge in [0, 0.05) is 12.1 Å². The molecule has 2 fully saturated rings. The summed E-state index contributed by atoms with van der Waals surface area (Å²) in [5.41, 5.74) is 0.101. The van der Waals surface area contributed by atoms with Gasteiger partial charge in [-0.05, 0) is 52.5 Å². The number of sulfone groups is 1. The Labute approximate surface area is 99.1 Å². The quantitative estimate of drug-likeness (QED) is 0.759. The van der Waals surface area contributed by atoms with Crippen molar-refractivity contribution in [3.63, 3.8) is 0 Å². The van der Waals surface area contributed by atoms with E-state index < -0.39 is 9.84 Å². The Hall–Kier alpha value is -0.0900. The maximum absolute atomic E-state index is 12.1. The van der Waals surface area contributed by atoms with E-state index in [4.69, 9.17) is 0 Å². The summed E-state index contributed by atoms with van der Waals surface area (Å²) in [6.07, 6.45) is 3.07. The van der Waals surface area contributed by atoms with Gasteiger partial charge in [0.15, 0.2) is 9.84 Å². The zero-order valence-corrected chi connectivity index (χ0v) is 11.4. The number of hydrogen-bond acceptors (Lipinski definition) is 3. The first kappa shape index (κ1) is 12.4. The molecule has 2 aliphatic rings. The van der Waals surface area contributed by atoms with Gasteiger partial charge in [0.2, 0.25) is 0 Å². The summed E-state index contributed by atoms with van der Waals surface area (Å²) < 4.78 is 24.3. The highest BCUT2D eigenvalue weighted by molar-refractivity contribution is 7.92. The van der Waals surface area contributed by atoms with Gasteiger partial charge in [-0.15, -0.1) is 0 Å². The summed E-state index contributed by atoms with van der Waals surface area (Å²) in [4.78, 5) is 2.29. The van der Waals surface area contributed by atoms with Crippen molar-refractivity contribution in [1.82, 2.24) is 4.90 Å². The van der Waals surface area contributed by atoms with E-state index in [-0.39, 0.29) is 10.8 Å². The molecule has 0 amide bonds. The smallest absolute Gasteiger partial charge is 0.154 e. The normalized spacial score (nSPS) is 28.6. The maximum Gasteiger partial charge on any atom is 0.154 e. The van der Waals surface area contributed by atoms with E-state index in [0.29, 0.717) is 11.7 Å². The second kappa shape index (κ2) is 3.98. The van der Waals surface area contributed by atoms with Gasteiger partial charge >= 0.3 is 0 Å². The van der Waals surface area contributed by atoms with Gasteiger partial charge in [-0.2, -0.15) is 0 Å². The van der Waals surface area contributed by atoms with Gasteiger partial charge in [-0.3, -0.25) is 4.90 Å².